The Balaban J connectivity index is 2.62. The fourth-order valence-electron chi connectivity index (χ4n) is 1.11. The molecule has 72 valence electrons. The monoisotopic (exact) mass is 200 g/mol. The summed E-state index contributed by atoms with van der Waals surface area (Å²) in [5.74, 6) is -0.213. The van der Waals surface area contributed by atoms with Gasteiger partial charge >= 0.3 is 0 Å². The maximum Gasteiger partial charge on any atom is 0.123 e. The van der Waals surface area contributed by atoms with Crippen LogP contribution >= 0.6 is 11.9 Å². The topological polar surface area (TPSA) is 52.0 Å². The molecule has 4 heteroatoms. The van der Waals surface area contributed by atoms with Gasteiger partial charge in [-0.3, -0.25) is 5.14 Å². The maximum absolute atomic E-state index is 12.8. The number of benzene rings is 1. The minimum absolute atomic E-state index is 0.168. The van der Waals surface area contributed by atoms with E-state index >= 15 is 0 Å². The molecule has 0 radical (unpaired) electrons. The van der Waals surface area contributed by atoms with Crippen LogP contribution in [0.25, 0.3) is 0 Å². The van der Waals surface area contributed by atoms with Crippen molar-refractivity contribution in [1.29, 1.82) is 0 Å². The Morgan fingerprint density at radius 3 is 2.77 bits per heavy atom. The molecular formula is C9H13FN2S. The van der Waals surface area contributed by atoms with Gasteiger partial charge in [0.1, 0.15) is 5.82 Å². The van der Waals surface area contributed by atoms with Gasteiger partial charge in [-0.15, -0.1) is 0 Å². The van der Waals surface area contributed by atoms with E-state index in [1.807, 2.05) is 6.07 Å². The molecule has 0 saturated carbocycles. The molecule has 2 nitrogen and oxygen atoms in total. The standard InChI is InChI=1S/C9H13FN2S/c10-8-3-1-2-7(4-8)5-9(6-11)13-12/h1-4,9H,5-6,11-12H2/t9-/m0/s1. The van der Waals surface area contributed by atoms with E-state index in [1.54, 1.807) is 6.07 Å². The SMILES string of the molecule is NC[C@H](Cc1cccc(F)c1)SN. The molecule has 0 aliphatic heterocycles. The van der Waals surface area contributed by atoms with Gasteiger partial charge in [-0.2, -0.15) is 0 Å². The van der Waals surface area contributed by atoms with Gasteiger partial charge in [-0.25, -0.2) is 4.39 Å². The van der Waals surface area contributed by atoms with Crippen molar-refractivity contribution < 1.29 is 4.39 Å². The van der Waals surface area contributed by atoms with Gasteiger partial charge < -0.3 is 5.73 Å². The lowest BCUT2D eigenvalue weighted by Crippen LogP contribution is -2.21. The second-order valence-corrected chi connectivity index (χ2v) is 3.77. The lowest BCUT2D eigenvalue weighted by molar-refractivity contribution is 0.625. The number of hydrogen-bond acceptors (Lipinski definition) is 3. The smallest absolute Gasteiger partial charge is 0.123 e. The Labute approximate surface area is 81.6 Å². The quantitative estimate of drug-likeness (QED) is 0.720. The van der Waals surface area contributed by atoms with Gasteiger partial charge in [0.25, 0.3) is 0 Å². The van der Waals surface area contributed by atoms with Gasteiger partial charge in [-0.05, 0) is 24.1 Å². The summed E-state index contributed by atoms with van der Waals surface area (Å²) < 4.78 is 12.8. The summed E-state index contributed by atoms with van der Waals surface area (Å²) >= 11 is 1.22. The molecule has 0 bridgehead atoms. The van der Waals surface area contributed by atoms with Crippen LogP contribution in [0.3, 0.4) is 0 Å². The van der Waals surface area contributed by atoms with Crippen LogP contribution in [0.15, 0.2) is 24.3 Å². The van der Waals surface area contributed by atoms with Crippen molar-refractivity contribution in [3.63, 3.8) is 0 Å². The number of nitrogens with two attached hydrogens (primary N) is 2. The number of halogens is 1. The van der Waals surface area contributed by atoms with E-state index in [0.717, 1.165) is 12.0 Å². The first-order valence-electron chi connectivity index (χ1n) is 4.06. The summed E-state index contributed by atoms with van der Waals surface area (Å²) in [7, 11) is 0. The van der Waals surface area contributed by atoms with Crippen molar-refractivity contribution in [2.45, 2.75) is 11.7 Å². The highest BCUT2D eigenvalue weighted by Gasteiger charge is 2.06. The van der Waals surface area contributed by atoms with Crippen LogP contribution < -0.4 is 10.9 Å². The predicted octanol–water partition coefficient (Wildman–Crippen LogP) is 1.30. The van der Waals surface area contributed by atoms with Crippen molar-refractivity contribution in [3.05, 3.63) is 35.6 Å². The molecule has 0 fully saturated rings. The first kappa shape index (κ1) is 10.5. The summed E-state index contributed by atoms with van der Waals surface area (Å²) in [5.41, 5.74) is 6.41. The molecule has 0 aliphatic carbocycles. The highest BCUT2D eigenvalue weighted by atomic mass is 32.2. The average Bonchev–Trinajstić information content (AvgIpc) is 2.14. The highest BCUT2D eigenvalue weighted by Crippen LogP contribution is 2.11. The molecule has 0 spiro atoms. The Kier molecular flexibility index (Phi) is 4.21. The third-order valence-electron chi connectivity index (χ3n) is 1.81. The minimum Gasteiger partial charge on any atom is -0.329 e. The Bertz CT molecular complexity index is 264. The Morgan fingerprint density at radius 2 is 2.23 bits per heavy atom. The van der Waals surface area contributed by atoms with Gasteiger partial charge in [0.15, 0.2) is 0 Å². The fourth-order valence-corrected chi connectivity index (χ4v) is 1.51. The van der Waals surface area contributed by atoms with E-state index in [9.17, 15) is 4.39 Å². The maximum atomic E-state index is 12.8. The molecule has 1 aromatic rings. The molecule has 1 atom stereocenters. The molecule has 13 heavy (non-hydrogen) atoms. The molecule has 0 saturated heterocycles. The zero-order chi connectivity index (χ0) is 9.68. The van der Waals surface area contributed by atoms with Crippen molar-refractivity contribution in [2.24, 2.45) is 10.9 Å². The van der Waals surface area contributed by atoms with Crippen LogP contribution in [0.4, 0.5) is 4.39 Å². The molecule has 4 N–H and O–H groups in total. The minimum atomic E-state index is -0.213. The van der Waals surface area contributed by atoms with Crippen molar-refractivity contribution in [3.8, 4) is 0 Å². The molecule has 0 aliphatic rings. The van der Waals surface area contributed by atoms with Crippen molar-refractivity contribution >= 4 is 11.9 Å². The molecule has 1 aromatic carbocycles. The Morgan fingerprint density at radius 1 is 1.46 bits per heavy atom. The fraction of sp³-hybridized carbons (Fsp3) is 0.333. The molecule has 0 amide bonds. The van der Waals surface area contributed by atoms with Crippen LogP contribution in [0.1, 0.15) is 5.56 Å². The first-order chi connectivity index (χ1) is 6.26. The van der Waals surface area contributed by atoms with Crippen LogP contribution in [0, 0.1) is 5.82 Å². The zero-order valence-electron chi connectivity index (χ0n) is 7.24. The van der Waals surface area contributed by atoms with E-state index in [1.165, 1.54) is 24.1 Å². The van der Waals surface area contributed by atoms with E-state index in [-0.39, 0.29) is 11.1 Å². The zero-order valence-corrected chi connectivity index (χ0v) is 8.06. The highest BCUT2D eigenvalue weighted by molar-refractivity contribution is 7.97. The van der Waals surface area contributed by atoms with E-state index < -0.39 is 0 Å². The lowest BCUT2D eigenvalue weighted by atomic mass is 10.1. The normalized spacial score (nSPS) is 12.8. The van der Waals surface area contributed by atoms with Crippen LogP contribution in [-0.2, 0) is 6.42 Å². The molecular weight excluding hydrogens is 187 g/mol. The average molecular weight is 200 g/mol. The molecule has 0 aromatic heterocycles. The van der Waals surface area contributed by atoms with Gasteiger partial charge in [0.05, 0.1) is 0 Å². The summed E-state index contributed by atoms with van der Waals surface area (Å²) in [6, 6.07) is 6.51. The summed E-state index contributed by atoms with van der Waals surface area (Å²) in [5, 5.41) is 5.58. The first-order valence-corrected chi connectivity index (χ1v) is 5.00. The summed E-state index contributed by atoms with van der Waals surface area (Å²) in [6.07, 6.45) is 0.718. The van der Waals surface area contributed by atoms with Crippen LogP contribution in [0.2, 0.25) is 0 Å². The largest absolute Gasteiger partial charge is 0.329 e. The predicted molar refractivity (Wildman–Crippen MR) is 54.7 cm³/mol. The number of hydrogen-bond donors (Lipinski definition) is 2. The second kappa shape index (κ2) is 5.21. The van der Waals surface area contributed by atoms with E-state index in [4.69, 9.17) is 10.9 Å². The third kappa shape index (κ3) is 3.34. The van der Waals surface area contributed by atoms with Gasteiger partial charge in [0.2, 0.25) is 0 Å². The van der Waals surface area contributed by atoms with Crippen molar-refractivity contribution in [1.82, 2.24) is 0 Å². The van der Waals surface area contributed by atoms with Gasteiger partial charge in [0, 0.05) is 11.8 Å². The summed E-state index contributed by atoms with van der Waals surface area (Å²) in [4.78, 5) is 0. The molecule has 1 rings (SSSR count). The lowest BCUT2D eigenvalue weighted by Gasteiger charge is -2.10. The van der Waals surface area contributed by atoms with Gasteiger partial charge in [-0.1, -0.05) is 24.1 Å². The second-order valence-electron chi connectivity index (χ2n) is 2.83. The van der Waals surface area contributed by atoms with Crippen LogP contribution in [0.5, 0.6) is 0 Å². The van der Waals surface area contributed by atoms with Crippen LogP contribution in [-0.4, -0.2) is 11.8 Å². The summed E-state index contributed by atoms with van der Waals surface area (Å²) in [6.45, 7) is 0.512. The Hall–Kier alpha value is -0.580. The number of rotatable bonds is 4. The molecule has 0 unspecified atom stereocenters. The van der Waals surface area contributed by atoms with E-state index in [0.29, 0.717) is 6.54 Å². The molecule has 0 heterocycles. The van der Waals surface area contributed by atoms with E-state index in [2.05, 4.69) is 0 Å². The van der Waals surface area contributed by atoms with Crippen molar-refractivity contribution in [2.75, 3.05) is 6.54 Å². The third-order valence-corrected chi connectivity index (χ3v) is 2.55.